The highest BCUT2D eigenvalue weighted by molar-refractivity contribution is 5.89. The van der Waals surface area contributed by atoms with Gasteiger partial charge in [0.15, 0.2) is 0 Å². The van der Waals surface area contributed by atoms with Gasteiger partial charge in [-0.15, -0.1) is 0 Å². The molecule has 0 atom stereocenters. The van der Waals surface area contributed by atoms with Crippen LogP contribution in [-0.2, 0) is 4.79 Å². The molecule has 0 saturated carbocycles. The Morgan fingerprint density at radius 1 is 1.67 bits per heavy atom. The SMILES string of the molecule is Cc1cc(NC(=O)CCC(C)(C)N)on1. The Balaban J connectivity index is 2.37. The second-order valence-corrected chi connectivity index (χ2v) is 4.37. The molecule has 5 heteroatoms. The highest BCUT2D eigenvalue weighted by atomic mass is 16.5. The van der Waals surface area contributed by atoms with Crippen LogP contribution in [-0.4, -0.2) is 16.6 Å². The first kappa shape index (κ1) is 11.7. The molecule has 1 aromatic rings. The average Bonchev–Trinajstić information content (AvgIpc) is 2.47. The van der Waals surface area contributed by atoms with E-state index in [9.17, 15) is 4.79 Å². The van der Waals surface area contributed by atoms with Crippen molar-refractivity contribution in [1.82, 2.24) is 5.16 Å². The fraction of sp³-hybridized carbons (Fsp3) is 0.600. The molecule has 0 bridgehead atoms. The Hall–Kier alpha value is -1.36. The summed E-state index contributed by atoms with van der Waals surface area (Å²) < 4.78 is 4.85. The summed E-state index contributed by atoms with van der Waals surface area (Å²) in [6.07, 6.45) is 1.01. The van der Waals surface area contributed by atoms with Gasteiger partial charge in [0.05, 0.1) is 5.69 Å². The number of nitrogens with two attached hydrogens (primary N) is 1. The van der Waals surface area contributed by atoms with Gasteiger partial charge >= 0.3 is 0 Å². The zero-order valence-corrected chi connectivity index (χ0v) is 9.33. The van der Waals surface area contributed by atoms with Crippen LogP contribution in [0.2, 0.25) is 0 Å². The van der Waals surface area contributed by atoms with Crippen LogP contribution in [0.4, 0.5) is 5.88 Å². The molecule has 1 heterocycles. The van der Waals surface area contributed by atoms with Crippen molar-refractivity contribution in [2.75, 3.05) is 5.32 Å². The van der Waals surface area contributed by atoms with Crippen molar-refractivity contribution in [2.45, 2.75) is 39.2 Å². The summed E-state index contributed by atoms with van der Waals surface area (Å²) in [5, 5.41) is 6.28. The van der Waals surface area contributed by atoms with Crippen LogP contribution in [0.3, 0.4) is 0 Å². The van der Waals surface area contributed by atoms with Gasteiger partial charge in [-0.05, 0) is 27.2 Å². The molecular weight excluding hydrogens is 194 g/mol. The first-order valence-corrected chi connectivity index (χ1v) is 4.89. The van der Waals surface area contributed by atoms with Crippen LogP contribution in [0.5, 0.6) is 0 Å². The van der Waals surface area contributed by atoms with E-state index in [1.807, 2.05) is 13.8 Å². The smallest absolute Gasteiger partial charge is 0.231 e. The number of hydrogen-bond acceptors (Lipinski definition) is 4. The first-order valence-electron chi connectivity index (χ1n) is 4.89. The Bertz CT molecular complexity index is 339. The van der Waals surface area contributed by atoms with E-state index in [1.54, 1.807) is 13.0 Å². The number of carbonyl (C=O) groups excluding carboxylic acids is 1. The summed E-state index contributed by atoms with van der Waals surface area (Å²) in [5.41, 5.74) is 6.18. The van der Waals surface area contributed by atoms with E-state index in [-0.39, 0.29) is 11.4 Å². The van der Waals surface area contributed by atoms with E-state index in [0.717, 1.165) is 5.69 Å². The molecule has 0 aliphatic carbocycles. The number of anilines is 1. The van der Waals surface area contributed by atoms with Gasteiger partial charge in [0.2, 0.25) is 11.8 Å². The van der Waals surface area contributed by atoms with E-state index in [1.165, 1.54) is 0 Å². The third-order valence-corrected chi connectivity index (χ3v) is 1.89. The fourth-order valence-corrected chi connectivity index (χ4v) is 1.06. The quantitative estimate of drug-likeness (QED) is 0.789. The van der Waals surface area contributed by atoms with Gasteiger partial charge in [-0.25, -0.2) is 0 Å². The molecule has 15 heavy (non-hydrogen) atoms. The van der Waals surface area contributed by atoms with Crippen molar-refractivity contribution in [3.8, 4) is 0 Å². The van der Waals surface area contributed by atoms with E-state index in [2.05, 4.69) is 10.5 Å². The van der Waals surface area contributed by atoms with Crippen LogP contribution >= 0.6 is 0 Å². The van der Waals surface area contributed by atoms with Crippen molar-refractivity contribution in [3.63, 3.8) is 0 Å². The van der Waals surface area contributed by atoms with Crippen LogP contribution < -0.4 is 11.1 Å². The Labute approximate surface area is 89.0 Å². The molecule has 0 aliphatic rings. The Morgan fingerprint density at radius 3 is 2.80 bits per heavy atom. The van der Waals surface area contributed by atoms with Gasteiger partial charge in [0.25, 0.3) is 0 Å². The summed E-state index contributed by atoms with van der Waals surface area (Å²) in [4.78, 5) is 11.4. The third-order valence-electron chi connectivity index (χ3n) is 1.89. The van der Waals surface area contributed by atoms with Gasteiger partial charge in [-0.1, -0.05) is 5.16 Å². The number of nitrogens with one attached hydrogen (secondary N) is 1. The van der Waals surface area contributed by atoms with Crippen LogP contribution in [0.1, 0.15) is 32.4 Å². The lowest BCUT2D eigenvalue weighted by Gasteiger charge is -2.17. The summed E-state index contributed by atoms with van der Waals surface area (Å²) in [6.45, 7) is 5.57. The topological polar surface area (TPSA) is 81.2 Å². The minimum atomic E-state index is -0.325. The van der Waals surface area contributed by atoms with E-state index in [4.69, 9.17) is 10.3 Å². The highest BCUT2D eigenvalue weighted by Gasteiger charge is 2.14. The molecule has 1 amide bonds. The number of aromatic nitrogens is 1. The normalized spacial score (nSPS) is 11.5. The number of aryl methyl sites for hydroxylation is 1. The molecule has 1 rings (SSSR count). The lowest BCUT2D eigenvalue weighted by Crippen LogP contribution is -2.33. The second-order valence-electron chi connectivity index (χ2n) is 4.37. The van der Waals surface area contributed by atoms with E-state index < -0.39 is 0 Å². The van der Waals surface area contributed by atoms with Gasteiger partial charge in [-0.2, -0.15) is 0 Å². The van der Waals surface area contributed by atoms with Crippen molar-refractivity contribution in [2.24, 2.45) is 5.73 Å². The molecular formula is C10H17N3O2. The maximum atomic E-state index is 11.4. The summed E-state index contributed by atoms with van der Waals surface area (Å²) >= 11 is 0. The number of nitrogens with zero attached hydrogens (tertiary/aromatic N) is 1. The molecule has 0 unspecified atom stereocenters. The van der Waals surface area contributed by atoms with Crippen LogP contribution in [0, 0.1) is 6.92 Å². The van der Waals surface area contributed by atoms with Gasteiger partial charge in [0, 0.05) is 18.0 Å². The molecule has 0 spiro atoms. The summed E-state index contributed by atoms with van der Waals surface area (Å²) in [7, 11) is 0. The number of hydrogen-bond donors (Lipinski definition) is 2. The summed E-state index contributed by atoms with van der Waals surface area (Å²) in [6, 6.07) is 1.67. The lowest BCUT2D eigenvalue weighted by molar-refractivity contribution is -0.116. The highest BCUT2D eigenvalue weighted by Crippen LogP contribution is 2.11. The van der Waals surface area contributed by atoms with Crippen LogP contribution in [0.15, 0.2) is 10.6 Å². The largest absolute Gasteiger partial charge is 0.338 e. The van der Waals surface area contributed by atoms with E-state index >= 15 is 0 Å². The predicted molar refractivity (Wildman–Crippen MR) is 57.4 cm³/mol. The monoisotopic (exact) mass is 211 g/mol. The second kappa shape index (κ2) is 4.44. The zero-order chi connectivity index (χ0) is 11.5. The molecule has 0 aliphatic heterocycles. The minimum absolute atomic E-state index is 0.107. The molecule has 3 N–H and O–H groups in total. The minimum Gasteiger partial charge on any atom is -0.338 e. The summed E-state index contributed by atoms with van der Waals surface area (Å²) in [5.74, 6) is 0.275. The zero-order valence-electron chi connectivity index (χ0n) is 9.33. The Kier molecular flexibility index (Phi) is 3.47. The van der Waals surface area contributed by atoms with Crippen molar-refractivity contribution >= 4 is 11.8 Å². The Morgan fingerprint density at radius 2 is 2.33 bits per heavy atom. The van der Waals surface area contributed by atoms with Crippen molar-refractivity contribution in [3.05, 3.63) is 11.8 Å². The molecule has 0 radical (unpaired) electrons. The molecule has 0 aromatic carbocycles. The lowest BCUT2D eigenvalue weighted by atomic mass is 10.00. The third kappa shape index (κ3) is 4.60. The maximum absolute atomic E-state index is 11.4. The standard InChI is InChI=1S/C10H17N3O2/c1-7-6-9(15-13-7)12-8(14)4-5-10(2,3)11/h6H,4-5,11H2,1-3H3,(H,12,14). The van der Waals surface area contributed by atoms with Crippen molar-refractivity contribution < 1.29 is 9.32 Å². The van der Waals surface area contributed by atoms with Crippen LogP contribution in [0.25, 0.3) is 0 Å². The predicted octanol–water partition coefficient (Wildman–Crippen LogP) is 1.44. The average molecular weight is 211 g/mol. The molecule has 84 valence electrons. The maximum Gasteiger partial charge on any atom is 0.231 e. The van der Waals surface area contributed by atoms with Gasteiger partial charge in [-0.3, -0.25) is 10.1 Å². The van der Waals surface area contributed by atoms with E-state index in [0.29, 0.717) is 18.7 Å². The fourth-order valence-electron chi connectivity index (χ4n) is 1.06. The van der Waals surface area contributed by atoms with Gasteiger partial charge in [0.1, 0.15) is 0 Å². The molecule has 0 saturated heterocycles. The number of amides is 1. The molecule has 5 nitrogen and oxygen atoms in total. The van der Waals surface area contributed by atoms with Crippen molar-refractivity contribution in [1.29, 1.82) is 0 Å². The number of rotatable bonds is 4. The number of carbonyl (C=O) groups is 1. The van der Waals surface area contributed by atoms with Gasteiger partial charge < -0.3 is 10.3 Å². The first-order chi connectivity index (χ1) is 6.87. The molecule has 1 aromatic heterocycles. The molecule has 0 fully saturated rings.